The average Bonchev–Trinajstić information content (AvgIpc) is 2.90. The van der Waals surface area contributed by atoms with Crippen LogP contribution in [-0.4, -0.2) is 17.3 Å². The smallest absolute Gasteiger partial charge is 0.171 e. The highest BCUT2D eigenvalue weighted by atomic mass is 19.2. The van der Waals surface area contributed by atoms with Crippen LogP contribution < -0.4 is 4.74 Å². The highest BCUT2D eigenvalue weighted by Gasteiger charge is 2.34. The van der Waals surface area contributed by atoms with E-state index in [1.54, 1.807) is 0 Å². The van der Waals surface area contributed by atoms with Crippen molar-refractivity contribution >= 4 is 5.69 Å². The lowest BCUT2D eigenvalue weighted by atomic mass is 9.84. The molecule has 1 heterocycles. The molecule has 0 fully saturated rings. The number of phenolic OH excluding ortho intramolecular Hbond substituents is 1. The number of phenols is 1. The minimum absolute atomic E-state index is 0.194. The number of halogens is 4. The van der Waals surface area contributed by atoms with Crippen LogP contribution in [0.1, 0.15) is 86.1 Å². The molecule has 0 saturated heterocycles. The highest BCUT2D eigenvalue weighted by molar-refractivity contribution is 5.58. The molecule has 38 heavy (non-hydrogen) atoms. The van der Waals surface area contributed by atoms with Crippen molar-refractivity contribution in [2.45, 2.75) is 97.7 Å². The third-order valence-corrected chi connectivity index (χ3v) is 7.56. The summed E-state index contributed by atoms with van der Waals surface area (Å²) in [6, 6.07) is 0. The van der Waals surface area contributed by atoms with Crippen molar-refractivity contribution in [1.82, 2.24) is 0 Å². The molecule has 1 aliphatic rings. The van der Waals surface area contributed by atoms with E-state index in [9.17, 15) is 22.7 Å². The molecule has 0 aliphatic carbocycles. The van der Waals surface area contributed by atoms with Gasteiger partial charge in [0.15, 0.2) is 23.3 Å². The molecular weight excluding hydrogens is 502 g/mol. The summed E-state index contributed by atoms with van der Waals surface area (Å²) in [5.41, 5.74) is 9.75. The fourth-order valence-corrected chi connectivity index (χ4v) is 4.98. The second-order valence-corrected chi connectivity index (χ2v) is 10.3. The van der Waals surface area contributed by atoms with E-state index >= 15 is 0 Å². The number of unbranched alkanes of at least 4 members (excludes halogenated alkanes) is 5. The zero-order chi connectivity index (χ0) is 28.0. The Kier molecular flexibility index (Phi) is 9.90. The van der Waals surface area contributed by atoms with Gasteiger partial charge in [-0.05, 0) is 82.0 Å². The molecule has 0 unspecified atom stereocenters. The Bertz CT molecular complexity index is 1200. The summed E-state index contributed by atoms with van der Waals surface area (Å²) in [5.74, 6) is -5.44. The van der Waals surface area contributed by atoms with Crippen LogP contribution in [0, 0.1) is 44.0 Å². The summed E-state index contributed by atoms with van der Waals surface area (Å²) >= 11 is 0. The number of aromatic hydroxyl groups is 1. The molecule has 0 spiro atoms. The molecule has 1 N–H and O–H groups in total. The van der Waals surface area contributed by atoms with Crippen molar-refractivity contribution in [3.05, 3.63) is 61.5 Å². The van der Waals surface area contributed by atoms with E-state index in [1.807, 2.05) is 20.8 Å². The molecule has 10 heteroatoms. The normalized spacial score (nSPS) is 16.6. The van der Waals surface area contributed by atoms with E-state index in [0.717, 1.165) is 79.4 Å². The van der Waals surface area contributed by atoms with Crippen molar-refractivity contribution in [2.24, 2.45) is 5.11 Å². The van der Waals surface area contributed by atoms with E-state index in [1.165, 1.54) is 0 Å². The van der Waals surface area contributed by atoms with Crippen LogP contribution in [0.4, 0.5) is 23.2 Å². The summed E-state index contributed by atoms with van der Waals surface area (Å²) in [4.78, 5) is 2.18. The van der Waals surface area contributed by atoms with E-state index < -0.39 is 41.1 Å². The van der Waals surface area contributed by atoms with Crippen molar-refractivity contribution in [3.63, 3.8) is 0 Å². The van der Waals surface area contributed by atoms with Gasteiger partial charge in [0.05, 0.1) is 12.2 Å². The maximum atomic E-state index is 14.0. The van der Waals surface area contributed by atoms with E-state index in [0.29, 0.717) is 12.2 Å². The second-order valence-electron chi connectivity index (χ2n) is 10.3. The number of nitrogens with zero attached hydrogens (tertiary/aromatic N) is 3. The molecule has 2 aromatic rings. The van der Waals surface area contributed by atoms with E-state index in [-0.39, 0.29) is 12.2 Å². The topological polar surface area (TPSA) is 87.5 Å². The number of hydrogen-bond acceptors (Lipinski definition) is 4. The van der Waals surface area contributed by atoms with Gasteiger partial charge in [0.1, 0.15) is 22.8 Å². The first kappa shape index (κ1) is 29.6. The summed E-state index contributed by atoms with van der Waals surface area (Å²) < 4.78 is 67.4. The Labute approximate surface area is 220 Å². The number of azide groups is 1. The summed E-state index contributed by atoms with van der Waals surface area (Å²) in [6.45, 7) is 7.57. The molecule has 3 rings (SSSR count). The number of rotatable bonds is 12. The first-order valence-electron chi connectivity index (χ1n) is 13.0. The lowest BCUT2D eigenvalue weighted by molar-refractivity contribution is 0.0521. The number of fused-ring (bicyclic) bond motifs is 1. The number of hydrogen-bond donors (Lipinski definition) is 1. The molecule has 0 saturated carbocycles. The molecule has 1 aliphatic heterocycles. The quantitative estimate of drug-likeness (QED) is 0.0732. The van der Waals surface area contributed by atoms with Gasteiger partial charge >= 0.3 is 0 Å². The lowest BCUT2D eigenvalue weighted by Gasteiger charge is -2.38. The van der Waals surface area contributed by atoms with Gasteiger partial charge < -0.3 is 14.6 Å². The first-order valence-corrected chi connectivity index (χ1v) is 13.0. The summed E-state index contributed by atoms with van der Waals surface area (Å²) in [6.07, 6.45) is 8.30. The Morgan fingerprint density at radius 1 is 0.921 bits per heavy atom. The minimum atomic E-state index is -1.74. The van der Waals surface area contributed by atoms with Gasteiger partial charge in [-0.1, -0.05) is 30.8 Å². The van der Waals surface area contributed by atoms with Gasteiger partial charge in [-0.15, -0.1) is 0 Å². The number of benzene rings is 2. The molecule has 2 aromatic carbocycles. The third kappa shape index (κ3) is 6.35. The van der Waals surface area contributed by atoms with Gasteiger partial charge in [0.2, 0.25) is 0 Å². The standard InChI is InChI=1S/C28H35F4N3O3/c1-16-17(2)27-19(18(3)26(16)36)11-13-28(4,38-27)12-9-7-5-6-8-10-14-37-15-20-21(29)23(31)25(34-35-33)24(32)22(20)30/h36H,5-15H2,1-4H3/t28-/m1/s1. The van der Waals surface area contributed by atoms with Gasteiger partial charge in [-0.2, -0.15) is 0 Å². The monoisotopic (exact) mass is 537 g/mol. The Hall–Kier alpha value is -2.97. The Balaban J connectivity index is 1.35. The predicted octanol–water partition coefficient (Wildman–Crippen LogP) is 8.85. The molecule has 0 bridgehead atoms. The van der Waals surface area contributed by atoms with Crippen molar-refractivity contribution < 1.29 is 32.1 Å². The van der Waals surface area contributed by atoms with Gasteiger partial charge in [-0.3, -0.25) is 0 Å². The van der Waals surface area contributed by atoms with Crippen LogP contribution in [0.5, 0.6) is 11.5 Å². The zero-order valence-electron chi connectivity index (χ0n) is 22.4. The predicted molar refractivity (Wildman–Crippen MR) is 137 cm³/mol. The van der Waals surface area contributed by atoms with Crippen LogP contribution in [0.25, 0.3) is 10.4 Å². The van der Waals surface area contributed by atoms with Crippen LogP contribution in [0.15, 0.2) is 5.11 Å². The largest absolute Gasteiger partial charge is 0.507 e. The average molecular weight is 538 g/mol. The highest BCUT2D eigenvalue weighted by Crippen LogP contribution is 2.44. The molecule has 208 valence electrons. The van der Waals surface area contributed by atoms with Crippen LogP contribution in [0.3, 0.4) is 0 Å². The van der Waals surface area contributed by atoms with Crippen LogP contribution >= 0.6 is 0 Å². The Morgan fingerprint density at radius 2 is 1.53 bits per heavy atom. The van der Waals surface area contributed by atoms with Gasteiger partial charge in [0.25, 0.3) is 0 Å². The van der Waals surface area contributed by atoms with Gasteiger partial charge in [0, 0.05) is 17.1 Å². The lowest BCUT2D eigenvalue weighted by Crippen LogP contribution is -2.37. The Morgan fingerprint density at radius 3 is 2.16 bits per heavy atom. The van der Waals surface area contributed by atoms with Crippen molar-refractivity contribution in [3.8, 4) is 11.5 Å². The molecular formula is C28H35F4N3O3. The maximum Gasteiger partial charge on any atom is 0.171 e. The molecule has 0 aromatic heterocycles. The van der Waals surface area contributed by atoms with Crippen LogP contribution in [-0.2, 0) is 17.8 Å². The third-order valence-electron chi connectivity index (χ3n) is 7.56. The fourth-order valence-electron chi connectivity index (χ4n) is 4.98. The van der Waals surface area contributed by atoms with E-state index in [2.05, 4.69) is 16.9 Å². The molecule has 6 nitrogen and oxygen atoms in total. The van der Waals surface area contributed by atoms with E-state index in [4.69, 9.17) is 15.0 Å². The minimum Gasteiger partial charge on any atom is -0.507 e. The zero-order valence-corrected chi connectivity index (χ0v) is 22.4. The SMILES string of the molecule is Cc1c(C)c2c(c(C)c1O)CC[C@@](C)(CCCCCCCCOCc1c(F)c(F)c(N=[N+]=[N-])c(F)c1F)O2. The fraction of sp³-hybridized carbons (Fsp3) is 0.571. The van der Waals surface area contributed by atoms with Crippen molar-refractivity contribution in [1.29, 1.82) is 0 Å². The molecule has 0 radical (unpaired) electrons. The number of ether oxygens (including phenoxy) is 2. The molecule has 1 atom stereocenters. The second kappa shape index (κ2) is 12.7. The molecule has 0 amide bonds. The van der Waals surface area contributed by atoms with Gasteiger partial charge in [-0.25, -0.2) is 17.6 Å². The van der Waals surface area contributed by atoms with Crippen LogP contribution in [0.2, 0.25) is 0 Å². The van der Waals surface area contributed by atoms with Crippen molar-refractivity contribution in [2.75, 3.05) is 6.61 Å². The summed E-state index contributed by atoms with van der Waals surface area (Å²) in [5, 5.41) is 13.0. The summed E-state index contributed by atoms with van der Waals surface area (Å²) in [7, 11) is 0. The first-order chi connectivity index (χ1) is 18.0. The maximum absolute atomic E-state index is 14.0.